The standard InChI is InChI=1S/C13H21N3/c1-10-11(5-6-13(14)7-8-13)16-9-3-2-4-12(16)15-10/h2-9,14H2,1H3. The molecule has 1 aromatic rings. The fraction of sp³-hybridized carbons (Fsp3) is 0.769. The lowest BCUT2D eigenvalue weighted by molar-refractivity contribution is 0.497. The van der Waals surface area contributed by atoms with Gasteiger partial charge in [0.2, 0.25) is 0 Å². The van der Waals surface area contributed by atoms with Crippen molar-refractivity contribution < 1.29 is 0 Å². The van der Waals surface area contributed by atoms with Crippen LogP contribution in [0.2, 0.25) is 0 Å². The molecule has 0 bridgehead atoms. The van der Waals surface area contributed by atoms with E-state index in [1.54, 1.807) is 0 Å². The largest absolute Gasteiger partial charge is 0.332 e. The quantitative estimate of drug-likeness (QED) is 0.844. The minimum Gasteiger partial charge on any atom is -0.332 e. The van der Waals surface area contributed by atoms with Crippen molar-refractivity contribution in [1.82, 2.24) is 9.55 Å². The molecular formula is C13H21N3. The predicted octanol–water partition coefficient (Wildman–Crippen LogP) is 1.95. The van der Waals surface area contributed by atoms with Gasteiger partial charge in [-0.05, 0) is 45.4 Å². The molecule has 2 heterocycles. The number of nitrogens with zero attached hydrogens (tertiary/aromatic N) is 2. The summed E-state index contributed by atoms with van der Waals surface area (Å²) in [5.74, 6) is 1.31. The zero-order valence-electron chi connectivity index (χ0n) is 10.1. The minimum absolute atomic E-state index is 0.172. The van der Waals surface area contributed by atoms with Gasteiger partial charge in [-0.25, -0.2) is 4.98 Å². The Hall–Kier alpha value is -0.830. The van der Waals surface area contributed by atoms with Gasteiger partial charge in [0, 0.05) is 24.2 Å². The van der Waals surface area contributed by atoms with Crippen molar-refractivity contribution in [2.24, 2.45) is 5.73 Å². The molecule has 1 aliphatic carbocycles. The van der Waals surface area contributed by atoms with Crippen LogP contribution in [0.1, 0.15) is 49.3 Å². The lowest BCUT2D eigenvalue weighted by Gasteiger charge is -2.17. The molecule has 3 nitrogen and oxygen atoms in total. The number of aryl methyl sites for hydroxylation is 2. The Balaban J connectivity index is 1.79. The van der Waals surface area contributed by atoms with Crippen molar-refractivity contribution in [1.29, 1.82) is 0 Å². The summed E-state index contributed by atoms with van der Waals surface area (Å²) in [6, 6.07) is 0. The smallest absolute Gasteiger partial charge is 0.109 e. The van der Waals surface area contributed by atoms with E-state index in [0.717, 1.165) is 19.3 Å². The van der Waals surface area contributed by atoms with Crippen LogP contribution in [0.5, 0.6) is 0 Å². The molecule has 0 saturated heterocycles. The van der Waals surface area contributed by atoms with Crippen LogP contribution in [0.15, 0.2) is 0 Å². The van der Waals surface area contributed by atoms with Crippen molar-refractivity contribution in [2.75, 3.05) is 0 Å². The highest BCUT2D eigenvalue weighted by Crippen LogP contribution is 2.37. The molecule has 0 spiro atoms. The van der Waals surface area contributed by atoms with Gasteiger partial charge < -0.3 is 10.3 Å². The molecule has 3 rings (SSSR count). The molecule has 2 N–H and O–H groups in total. The van der Waals surface area contributed by atoms with Crippen LogP contribution < -0.4 is 5.73 Å². The van der Waals surface area contributed by atoms with Gasteiger partial charge in [0.1, 0.15) is 5.82 Å². The summed E-state index contributed by atoms with van der Waals surface area (Å²) in [6.45, 7) is 3.32. The highest BCUT2D eigenvalue weighted by Gasteiger charge is 2.37. The van der Waals surface area contributed by atoms with Gasteiger partial charge in [0.25, 0.3) is 0 Å². The van der Waals surface area contributed by atoms with Crippen molar-refractivity contribution in [3.63, 3.8) is 0 Å². The van der Waals surface area contributed by atoms with E-state index in [9.17, 15) is 0 Å². The molecule has 3 heteroatoms. The molecule has 1 aliphatic heterocycles. The number of fused-ring (bicyclic) bond motifs is 1. The Morgan fingerprint density at radius 1 is 1.38 bits per heavy atom. The Morgan fingerprint density at radius 2 is 2.19 bits per heavy atom. The molecule has 88 valence electrons. The fourth-order valence-electron chi connectivity index (χ4n) is 2.77. The second-order valence-electron chi connectivity index (χ2n) is 5.53. The highest BCUT2D eigenvalue weighted by molar-refractivity contribution is 5.18. The molecule has 1 fully saturated rings. The molecule has 0 aromatic carbocycles. The van der Waals surface area contributed by atoms with Crippen molar-refractivity contribution >= 4 is 0 Å². The summed E-state index contributed by atoms with van der Waals surface area (Å²) in [4.78, 5) is 4.69. The summed E-state index contributed by atoms with van der Waals surface area (Å²) in [5, 5.41) is 0. The maximum Gasteiger partial charge on any atom is 0.109 e. The normalized spacial score (nSPS) is 21.9. The van der Waals surface area contributed by atoms with Crippen LogP contribution in [0, 0.1) is 6.92 Å². The predicted molar refractivity (Wildman–Crippen MR) is 64.4 cm³/mol. The second kappa shape index (κ2) is 3.59. The van der Waals surface area contributed by atoms with Crippen LogP contribution >= 0.6 is 0 Å². The number of nitrogens with two attached hydrogens (primary N) is 1. The maximum absolute atomic E-state index is 6.16. The van der Waals surface area contributed by atoms with Gasteiger partial charge in [-0.1, -0.05) is 0 Å². The van der Waals surface area contributed by atoms with Gasteiger partial charge in [-0.2, -0.15) is 0 Å². The molecule has 1 aromatic heterocycles. The van der Waals surface area contributed by atoms with E-state index in [2.05, 4.69) is 11.5 Å². The Bertz CT molecular complexity index is 402. The molecule has 0 atom stereocenters. The topological polar surface area (TPSA) is 43.8 Å². The highest BCUT2D eigenvalue weighted by atomic mass is 15.1. The van der Waals surface area contributed by atoms with Crippen LogP contribution in [-0.4, -0.2) is 15.1 Å². The summed E-state index contributed by atoms with van der Waals surface area (Å²) >= 11 is 0. The first kappa shape index (κ1) is 10.3. The van der Waals surface area contributed by atoms with Crippen molar-refractivity contribution in [3.05, 3.63) is 17.2 Å². The van der Waals surface area contributed by atoms with Gasteiger partial charge >= 0.3 is 0 Å². The van der Waals surface area contributed by atoms with Gasteiger partial charge in [-0.15, -0.1) is 0 Å². The lowest BCUT2D eigenvalue weighted by atomic mass is 10.1. The summed E-state index contributed by atoms with van der Waals surface area (Å²) in [6.07, 6.45) is 8.46. The molecule has 16 heavy (non-hydrogen) atoms. The average Bonchev–Trinajstić information content (AvgIpc) is 2.91. The number of imidazole rings is 1. The van der Waals surface area contributed by atoms with Gasteiger partial charge in [0.15, 0.2) is 0 Å². The van der Waals surface area contributed by atoms with E-state index in [4.69, 9.17) is 10.7 Å². The number of aromatic nitrogens is 2. The van der Waals surface area contributed by atoms with E-state index in [1.807, 2.05) is 0 Å². The molecule has 0 amide bonds. The molecule has 2 aliphatic rings. The number of hydrogen-bond acceptors (Lipinski definition) is 2. The van der Waals surface area contributed by atoms with Crippen LogP contribution in [-0.2, 0) is 19.4 Å². The van der Waals surface area contributed by atoms with Crippen LogP contribution in [0.25, 0.3) is 0 Å². The fourth-order valence-corrected chi connectivity index (χ4v) is 2.77. The summed E-state index contributed by atoms with van der Waals surface area (Å²) < 4.78 is 2.45. The Morgan fingerprint density at radius 3 is 2.94 bits per heavy atom. The number of rotatable bonds is 3. The van der Waals surface area contributed by atoms with Gasteiger partial charge in [-0.3, -0.25) is 0 Å². The summed E-state index contributed by atoms with van der Waals surface area (Å²) in [7, 11) is 0. The molecular weight excluding hydrogens is 198 g/mol. The first-order valence-corrected chi connectivity index (χ1v) is 6.52. The lowest BCUT2D eigenvalue weighted by Crippen LogP contribution is -2.23. The van der Waals surface area contributed by atoms with E-state index in [0.29, 0.717) is 0 Å². The first-order valence-electron chi connectivity index (χ1n) is 6.52. The number of hydrogen-bond donors (Lipinski definition) is 1. The molecule has 0 unspecified atom stereocenters. The third-order valence-corrected chi connectivity index (χ3v) is 4.14. The average molecular weight is 219 g/mol. The van der Waals surface area contributed by atoms with Crippen LogP contribution in [0.3, 0.4) is 0 Å². The summed E-state index contributed by atoms with van der Waals surface area (Å²) in [5.41, 5.74) is 9.02. The van der Waals surface area contributed by atoms with E-state index >= 15 is 0 Å². The Kier molecular flexibility index (Phi) is 2.32. The second-order valence-corrected chi connectivity index (χ2v) is 5.53. The SMILES string of the molecule is Cc1nc2n(c1CCC1(N)CC1)CCCC2. The molecule has 1 saturated carbocycles. The van der Waals surface area contributed by atoms with Crippen molar-refractivity contribution in [3.8, 4) is 0 Å². The van der Waals surface area contributed by atoms with Gasteiger partial charge in [0.05, 0.1) is 5.69 Å². The third-order valence-electron chi connectivity index (χ3n) is 4.14. The van der Waals surface area contributed by atoms with Crippen LogP contribution in [0.4, 0.5) is 0 Å². The minimum atomic E-state index is 0.172. The van der Waals surface area contributed by atoms with E-state index < -0.39 is 0 Å². The molecule has 0 radical (unpaired) electrons. The third kappa shape index (κ3) is 1.77. The van der Waals surface area contributed by atoms with E-state index in [1.165, 1.54) is 49.4 Å². The maximum atomic E-state index is 6.16. The Labute approximate surface area is 97.0 Å². The van der Waals surface area contributed by atoms with Crippen molar-refractivity contribution in [2.45, 2.75) is 64.0 Å². The van der Waals surface area contributed by atoms with E-state index in [-0.39, 0.29) is 5.54 Å². The monoisotopic (exact) mass is 219 g/mol. The first-order chi connectivity index (χ1) is 7.68. The zero-order chi connectivity index (χ0) is 11.2. The zero-order valence-corrected chi connectivity index (χ0v) is 10.1.